The Morgan fingerprint density at radius 2 is 2.21 bits per heavy atom. The van der Waals surface area contributed by atoms with Crippen LogP contribution in [0.5, 0.6) is 0 Å². The molecule has 108 valence electrons. The first-order valence-electron chi connectivity index (χ1n) is 7.18. The number of hydrogen-bond donors (Lipinski definition) is 1. The van der Waals surface area contributed by atoms with Crippen LogP contribution in [0.3, 0.4) is 0 Å². The minimum Gasteiger partial charge on any atom is -0.468 e. The zero-order valence-electron chi connectivity index (χ0n) is 12.3. The molecule has 0 bridgehead atoms. The number of likely N-dealkylation sites (N-methyl/N-ethyl adjacent to an activating group) is 1. The van der Waals surface area contributed by atoms with E-state index < -0.39 is 0 Å². The van der Waals surface area contributed by atoms with Gasteiger partial charge in [0.05, 0.1) is 18.4 Å². The van der Waals surface area contributed by atoms with Crippen molar-refractivity contribution in [2.75, 3.05) is 27.7 Å². The van der Waals surface area contributed by atoms with Crippen LogP contribution < -0.4 is 5.32 Å². The number of furan rings is 1. The van der Waals surface area contributed by atoms with E-state index in [9.17, 15) is 0 Å². The summed E-state index contributed by atoms with van der Waals surface area (Å²) in [6.07, 6.45) is 7.05. The fourth-order valence-corrected chi connectivity index (χ4v) is 2.89. The Morgan fingerprint density at radius 3 is 2.84 bits per heavy atom. The Hall–Kier alpha value is -0.840. The van der Waals surface area contributed by atoms with Crippen LogP contribution in [0.15, 0.2) is 22.8 Å². The molecule has 1 N–H and O–H groups in total. The molecule has 1 saturated carbocycles. The Bertz CT molecular complexity index is 351. The quantitative estimate of drug-likeness (QED) is 0.858. The maximum Gasteiger partial charge on any atom is 0.122 e. The van der Waals surface area contributed by atoms with Gasteiger partial charge >= 0.3 is 0 Å². The molecule has 0 aromatic carbocycles. The minimum absolute atomic E-state index is 0.273. The lowest BCUT2D eigenvalue weighted by molar-refractivity contribution is 0.0392. The molecule has 1 heterocycles. The molecule has 4 heteroatoms. The standard InChI is InChI=1S/C15H26N2O2/c1-17(2)13(15-9-6-10-19-15)11-16-12-7-4-5-8-14(12)18-3/h6,9-10,12-14,16H,4-5,7-8,11H2,1-3H3. The van der Waals surface area contributed by atoms with E-state index in [0.717, 1.165) is 12.3 Å². The summed E-state index contributed by atoms with van der Waals surface area (Å²) in [5, 5.41) is 3.67. The van der Waals surface area contributed by atoms with Crippen molar-refractivity contribution >= 4 is 0 Å². The fraction of sp³-hybridized carbons (Fsp3) is 0.733. The van der Waals surface area contributed by atoms with Gasteiger partial charge in [-0.3, -0.25) is 4.90 Å². The van der Waals surface area contributed by atoms with Gasteiger partial charge in [-0.2, -0.15) is 0 Å². The monoisotopic (exact) mass is 266 g/mol. The molecule has 1 aliphatic carbocycles. The highest BCUT2D eigenvalue weighted by Gasteiger charge is 2.26. The van der Waals surface area contributed by atoms with Crippen LogP contribution in [0.4, 0.5) is 0 Å². The average molecular weight is 266 g/mol. The first kappa shape index (κ1) is 14.6. The van der Waals surface area contributed by atoms with Gasteiger partial charge in [-0.25, -0.2) is 0 Å². The zero-order chi connectivity index (χ0) is 13.7. The number of hydrogen-bond acceptors (Lipinski definition) is 4. The maximum absolute atomic E-state index is 5.59. The highest BCUT2D eigenvalue weighted by Crippen LogP contribution is 2.23. The normalized spacial score (nSPS) is 25.7. The molecule has 0 aliphatic heterocycles. The van der Waals surface area contributed by atoms with E-state index in [1.165, 1.54) is 25.7 Å². The number of methoxy groups -OCH3 is 1. The third-order valence-electron chi connectivity index (χ3n) is 4.07. The molecule has 3 atom stereocenters. The van der Waals surface area contributed by atoms with Crippen molar-refractivity contribution in [1.29, 1.82) is 0 Å². The summed E-state index contributed by atoms with van der Waals surface area (Å²) < 4.78 is 11.1. The molecule has 3 unspecified atom stereocenters. The molecule has 1 fully saturated rings. The summed E-state index contributed by atoms with van der Waals surface area (Å²) >= 11 is 0. The smallest absolute Gasteiger partial charge is 0.122 e. The topological polar surface area (TPSA) is 37.6 Å². The molecule has 19 heavy (non-hydrogen) atoms. The molecule has 0 saturated heterocycles. The van der Waals surface area contributed by atoms with E-state index in [2.05, 4.69) is 24.3 Å². The lowest BCUT2D eigenvalue weighted by Crippen LogP contribution is -2.46. The van der Waals surface area contributed by atoms with Crippen LogP contribution in [0, 0.1) is 0 Å². The Labute approximate surface area is 116 Å². The van der Waals surface area contributed by atoms with E-state index in [1.54, 1.807) is 6.26 Å². The third kappa shape index (κ3) is 3.81. The second kappa shape index (κ2) is 7.08. The Morgan fingerprint density at radius 1 is 1.42 bits per heavy atom. The van der Waals surface area contributed by atoms with Crippen LogP contribution in [0.2, 0.25) is 0 Å². The van der Waals surface area contributed by atoms with Crippen LogP contribution in [-0.2, 0) is 4.74 Å². The highest BCUT2D eigenvalue weighted by atomic mass is 16.5. The summed E-state index contributed by atoms with van der Waals surface area (Å²) in [6.45, 7) is 0.894. The van der Waals surface area contributed by atoms with Crippen LogP contribution in [-0.4, -0.2) is 44.8 Å². The van der Waals surface area contributed by atoms with E-state index in [1.807, 2.05) is 19.2 Å². The second-order valence-electron chi connectivity index (χ2n) is 5.57. The summed E-state index contributed by atoms with van der Waals surface area (Å²) in [5.41, 5.74) is 0. The molecule has 0 spiro atoms. The number of nitrogens with zero attached hydrogens (tertiary/aromatic N) is 1. The largest absolute Gasteiger partial charge is 0.468 e. The van der Waals surface area contributed by atoms with Gasteiger partial charge in [-0.1, -0.05) is 12.8 Å². The van der Waals surface area contributed by atoms with Crippen molar-refractivity contribution in [3.63, 3.8) is 0 Å². The highest BCUT2D eigenvalue weighted by molar-refractivity contribution is 5.05. The molecule has 0 amide bonds. The van der Waals surface area contributed by atoms with Crippen molar-refractivity contribution in [2.45, 2.75) is 43.9 Å². The fourth-order valence-electron chi connectivity index (χ4n) is 2.89. The van der Waals surface area contributed by atoms with Crippen LogP contribution in [0.1, 0.15) is 37.5 Å². The minimum atomic E-state index is 0.273. The lowest BCUT2D eigenvalue weighted by atomic mass is 9.92. The first-order valence-corrected chi connectivity index (χ1v) is 7.18. The predicted molar refractivity (Wildman–Crippen MR) is 76.2 cm³/mol. The van der Waals surface area contributed by atoms with E-state index in [4.69, 9.17) is 9.15 Å². The van der Waals surface area contributed by atoms with Gasteiger partial charge < -0.3 is 14.5 Å². The zero-order valence-corrected chi connectivity index (χ0v) is 12.3. The Kier molecular flexibility index (Phi) is 5.43. The number of ether oxygens (including phenoxy) is 1. The third-order valence-corrected chi connectivity index (χ3v) is 4.07. The first-order chi connectivity index (χ1) is 9.22. The molecule has 1 aromatic rings. The molecule has 0 radical (unpaired) electrons. The van der Waals surface area contributed by atoms with Crippen LogP contribution in [0.25, 0.3) is 0 Å². The Balaban J connectivity index is 1.91. The van der Waals surface area contributed by atoms with Crippen molar-refractivity contribution in [3.8, 4) is 0 Å². The van der Waals surface area contributed by atoms with Crippen molar-refractivity contribution in [2.24, 2.45) is 0 Å². The molecular weight excluding hydrogens is 240 g/mol. The SMILES string of the molecule is COC1CCCCC1NCC(c1ccco1)N(C)C. The van der Waals surface area contributed by atoms with Gasteiger partial charge in [0.2, 0.25) is 0 Å². The van der Waals surface area contributed by atoms with Gasteiger partial charge in [0.15, 0.2) is 0 Å². The van der Waals surface area contributed by atoms with Gasteiger partial charge in [-0.05, 0) is 39.1 Å². The van der Waals surface area contributed by atoms with Gasteiger partial charge in [-0.15, -0.1) is 0 Å². The van der Waals surface area contributed by atoms with E-state index in [-0.39, 0.29) is 6.04 Å². The van der Waals surface area contributed by atoms with Crippen molar-refractivity contribution in [1.82, 2.24) is 10.2 Å². The predicted octanol–water partition coefficient (Wildman–Crippen LogP) is 2.43. The summed E-state index contributed by atoms with van der Waals surface area (Å²) in [5.74, 6) is 1.02. The van der Waals surface area contributed by atoms with Gasteiger partial charge in [0, 0.05) is 19.7 Å². The maximum atomic E-state index is 5.59. The summed E-state index contributed by atoms with van der Waals surface area (Å²) in [7, 11) is 5.99. The van der Waals surface area contributed by atoms with Crippen LogP contribution >= 0.6 is 0 Å². The molecular formula is C15H26N2O2. The number of rotatable bonds is 6. The van der Waals surface area contributed by atoms with Gasteiger partial charge in [0.1, 0.15) is 5.76 Å². The number of nitrogens with one attached hydrogen (secondary N) is 1. The average Bonchev–Trinajstić information content (AvgIpc) is 2.93. The lowest BCUT2D eigenvalue weighted by Gasteiger charge is -2.33. The summed E-state index contributed by atoms with van der Waals surface area (Å²) in [6, 6.07) is 4.73. The molecule has 1 aromatic heterocycles. The molecule has 1 aliphatic rings. The van der Waals surface area contributed by atoms with E-state index in [0.29, 0.717) is 12.1 Å². The molecule has 4 nitrogen and oxygen atoms in total. The molecule has 2 rings (SSSR count). The van der Waals surface area contributed by atoms with Crippen molar-refractivity contribution < 1.29 is 9.15 Å². The van der Waals surface area contributed by atoms with Crippen molar-refractivity contribution in [3.05, 3.63) is 24.2 Å². The van der Waals surface area contributed by atoms with E-state index >= 15 is 0 Å². The van der Waals surface area contributed by atoms with Gasteiger partial charge in [0.25, 0.3) is 0 Å². The summed E-state index contributed by atoms with van der Waals surface area (Å²) in [4.78, 5) is 2.19. The second-order valence-corrected chi connectivity index (χ2v) is 5.57.